The number of methoxy groups -OCH3 is 1. The summed E-state index contributed by atoms with van der Waals surface area (Å²) >= 11 is 1.61. The van der Waals surface area contributed by atoms with Crippen molar-refractivity contribution in [1.82, 2.24) is 4.90 Å². The van der Waals surface area contributed by atoms with Crippen molar-refractivity contribution in [2.75, 3.05) is 24.6 Å². The SMILES string of the molecule is COC(=O)C1=C(CN2Sc3ccc(CCO)c4cccc2c34)C(C)C2C(C(C)O)C(=O)N12. The number of aliphatic hydroxyl groups is 2. The van der Waals surface area contributed by atoms with E-state index < -0.39 is 18.0 Å². The fourth-order valence-corrected chi connectivity index (χ4v) is 6.54. The van der Waals surface area contributed by atoms with Gasteiger partial charge in [0, 0.05) is 22.8 Å². The molecule has 0 radical (unpaired) electrons. The molecule has 0 bridgehead atoms. The minimum absolute atomic E-state index is 0.0742. The van der Waals surface area contributed by atoms with Gasteiger partial charge in [-0.3, -0.25) is 4.79 Å². The van der Waals surface area contributed by atoms with Crippen LogP contribution < -0.4 is 4.31 Å². The number of hydrogen-bond donors (Lipinski definition) is 2. The van der Waals surface area contributed by atoms with E-state index in [1.54, 1.807) is 18.9 Å². The molecule has 8 heteroatoms. The molecule has 0 aliphatic carbocycles. The van der Waals surface area contributed by atoms with Gasteiger partial charge in [-0.25, -0.2) is 4.79 Å². The van der Waals surface area contributed by atoms with E-state index >= 15 is 0 Å². The smallest absolute Gasteiger partial charge is 0.354 e. The van der Waals surface area contributed by atoms with Crippen LogP contribution in [0.15, 0.2) is 46.5 Å². The summed E-state index contributed by atoms with van der Waals surface area (Å²) in [6.45, 7) is 4.20. The van der Waals surface area contributed by atoms with Crippen molar-refractivity contribution < 1.29 is 24.5 Å². The Morgan fingerprint density at radius 2 is 2.06 bits per heavy atom. The molecule has 7 nitrogen and oxygen atoms in total. The zero-order valence-electron chi connectivity index (χ0n) is 18.2. The number of anilines is 1. The van der Waals surface area contributed by atoms with Gasteiger partial charge in [-0.2, -0.15) is 0 Å². The summed E-state index contributed by atoms with van der Waals surface area (Å²) in [7, 11) is 1.32. The maximum absolute atomic E-state index is 12.8. The van der Waals surface area contributed by atoms with Gasteiger partial charge in [0.25, 0.3) is 0 Å². The van der Waals surface area contributed by atoms with E-state index in [0.717, 1.165) is 32.5 Å². The first-order valence-corrected chi connectivity index (χ1v) is 11.6. The van der Waals surface area contributed by atoms with E-state index in [1.807, 2.05) is 13.0 Å². The third-order valence-electron chi connectivity index (χ3n) is 6.94. The average molecular weight is 455 g/mol. The van der Waals surface area contributed by atoms with Gasteiger partial charge in [-0.15, -0.1) is 0 Å². The second-order valence-electron chi connectivity index (χ2n) is 8.64. The lowest BCUT2D eigenvalue weighted by molar-refractivity contribution is -0.163. The number of nitrogens with zero attached hydrogens (tertiary/aromatic N) is 2. The zero-order chi connectivity index (χ0) is 22.7. The number of amides is 1. The Balaban J connectivity index is 1.54. The molecule has 2 N–H and O–H groups in total. The summed E-state index contributed by atoms with van der Waals surface area (Å²) in [5.41, 5.74) is 3.33. The normalized spacial score (nSPS) is 24.8. The number of aliphatic hydroxyl groups excluding tert-OH is 2. The summed E-state index contributed by atoms with van der Waals surface area (Å²) in [5, 5.41) is 21.8. The highest BCUT2D eigenvalue weighted by atomic mass is 32.2. The second-order valence-corrected chi connectivity index (χ2v) is 9.71. The van der Waals surface area contributed by atoms with Crippen LogP contribution in [0.2, 0.25) is 0 Å². The van der Waals surface area contributed by atoms with Gasteiger partial charge in [-0.05, 0) is 53.9 Å². The highest BCUT2D eigenvalue weighted by Crippen LogP contribution is 2.51. The standard InChI is InChI=1S/C24H26N2O5S/c1-12-16(22(24(30)31-3)26-21(12)19(13(2)28)23(26)29)11-25-17-6-4-5-15-14(9-10-27)7-8-18(32-25)20(15)17/h4-8,12-13,19,21,27-28H,9-11H2,1-3H3. The Labute approximate surface area is 190 Å². The Kier molecular flexibility index (Phi) is 5.19. The first-order valence-electron chi connectivity index (χ1n) is 10.8. The molecule has 4 unspecified atom stereocenters. The molecule has 3 aliphatic heterocycles. The lowest BCUT2D eigenvalue weighted by Gasteiger charge is -2.46. The topological polar surface area (TPSA) is 90.3 Å². The molecule has 0 aromatic heterocycles. The predicted octanol–water partition coefficient (Wildman–Crippen LogP) is 2.49. The number of hydrogen-bond acceptors (Lipinski definition) is 7. The van der Waals surface area contributed by atoms with E-state index in [9.17, 15) is 19.8 Å². The zero-order valence-corrected chi connectivity index (χ0v) is 19.1. The number of carbonyl (C=O) groups excluding carboxylic acids is 2. The van der Waals surface area contributed by atoms with Crippen molar-refractivity contribution in [1.29, 1.82) is 0 Å². The molecule has 1 fully saturated rings. The third kappa shape index (κ3) is 2.89. The number of carbonyl (C=O) groups is 2. The van der Waals surface area contributed by atoms with Crippen molar-refractivity contribution in [2.24, 2.45) is 11.8 Å². The number of esters is 1. The Hall–Kier alpha value is -2.55. The molecular weight excluding hydrogens is 428 g/mol. The molecule has 0 saturated carbocycles. The van der Waals surface area contributed by atoms with Gasteiger partial charge < -0.3 is 24.2 Å². The highest BCUT2D eigenvalue weighted by Gasteiger charge is 2.60. The molecule has 1 saturated heterocycles. The van der Waals surface area contributed by atoms with E-state index in [-0.39, 0.29) is 24.5 Å². The molecule has 168 valence electrons. The Bertz CT molecular complexity index is 1160. The number of fused-ring (bicyclic) bond motifs is 1. The molecule has 5 rings (SSSR count). The van der Waals surface area contributed by atoms with Crippen molar-refractivity contribution >= 4 is 40.3 Å². The number of ether oxygens (including phenoxy) is 1. The second kappa shape index (κ2) is 7.79. The summed E-state index contributed by atoms with van der Waals surface area (Å²) in [6, 6.07) is 10.1. The quantitative estimate of drug-likeness (QED) is 0.394. The number of rotatable bonds is 6. The Morgan fingerprint density at radius 3 is 2.75 bits per heavy atom. The average Bonchev–Trinajstić information content (AvgIpc) is 3.24. The van der Waals surface area contributed by atoms with Gasteiger partial charge in [0.1, 0.15) is 5.70 Å². The van der Waals surface area contributed by atoms with Gasteiger partial charge in [0.05, 0.1) is 37.4 Å². The molecule has 4 atom stereocenters. The summed E-state index contributed by atoms with van der Waals surface area (Å²) in [6.07, 6.45) is -0.174. The monoisotopic (exact) mass is 454 g/mol. The first kappa shape index (κ1) is 21.3. The molecule has 3 aliphatic rings. The maximum Gasteiger partial charge on any atom is 0.354 e. The first-order chi connectivity index (χ1) is 15.4. The molecule has 2 aromatic carbocycles. The predicted molar refractivity (Wildman–Crippen MR) is 122 cm³/mol. The molecule has 3 heterocycles. The van der Waals surface area contributed by atoms with Crippen LogP contribution in [0, 0.1) is 11.8 Å². The van der Waals surface area contributed by atoms with Crippen LogP contribution in [-0.4, -0.2) is 59.4 Å². The molecule has 0 spiro atoms. The number of β-lactam (4-membered cyclic amide) rings is 1. The lowest BCUT2D eigenvalue weighted by Crippen LogP contribution is -2.63. The van der Waals surface area contributed by atoms with Crippen LogP contribution in [0.5, 0.6) is 0 Å². The molecule has 32 heavy (non-hydrogen) atoms. The van der Waals surface area contributed by atoms with Crippen molar-refractivity contribution in [3.8, 4) is 0 Å². The van der Waals surface area contributed by atoms with Gasteiger partial charge in [-0.1, -0.05) is 25.1 Å². The fourth-order valence-electron chi connectivity index (χ4n) is 5.42. The van der Waals surface area contributed by atoms with Crippen LogP contribution in [0.1, 0.15) is 19.4 Å². The van der Waals surface area contributed by atoms with Gasteiger partial charge >= 0.3 is 5.97 Å². The molecular formula is C24H26N2O5S. The van der Waals surface area contributed by atoms with Crippen molar-refractivity contribution in [3.63, 3.8) is 0 Å². The Morgan fingerprint density at radius 1 is 1.28 bits per heavy atom. The van der Waals surface area contributed by atoms with Gasteiger partial charge in [0.15, 0.2) is 0 Å². The lowest BCUT2D eigenvalue weighted by atomic mass is 9.78. The van der Waals surface area contributed by atoms with Crippen molar-refractivity contribution in [3.05, 3.63) is 47.2 Å². The largest absolute Gasteiger partial charge is 0.464 e. The van der Waals surface area contributed by atoms with Crippen LogP contribution in [0.25, 0.3) is 10.8 Å². The minimum atomic E-state index is -0.770. The maximum atomic E-state index is 12.8. The minimum Gasteiger partial charge on any atom is -0.464 e. The van der Waals surface area contributed by atoms with E-state index in [0.29, 0.717) is 18.7 Å². The van der Waals surface area contributed by atoms with Crippen LogP contribution in [-0.2, 0) is 20.7 Å². The molecule has 1 amide bonds. The van der Waals surface area contributed by atoms with E-state index in [1.165, 1.54) is 12.0 Å². The van der Waals surface area contributed by atoms with Crippen LogP contribution in [0.3, 0.4) is 0 Å². The number of benzene rings is 2. The molecule has 2 aromatic rings. The van der Waals surface area contributed by atoms with E-state index in [4.69, 9.17) is 4.74 Å². The third-order valence-corrected chi connectivity index (χ3v) is 8.02. The van der Waals surface area contributed by atoms with Crippen LogP contribution in [0.4, 0.5) is 5.69 Å². The fraction of sp³-hybridized carbons (Fsp3) is 0.417. The summed E-state index contributed by atoms with van der Waals surface area (Å²) in [4.78, 5) is 28.1. The van der Waals surface area contributed by atoms with Gasteiger partial charge in [0.2, 0.25) is 5.91 Å². The van der Waals surface area contributed by atoms with Crippen molar-refractivity contribution in [2.45, 2.75) is 37.3 Å². The summed E-state index contributed by atoms with van der Waals surface area (Å²) in [5.74, 6) is -1.32. The van der Waals surface area contributed by atoms with E-state index in [2.05, 4.69) is 28.6 Å². The summed E-state index contributed by atoms with van der Waals surface area (Å²) < 4.78 is 7.19. The van der Waals surface area contributed by atoms with Crippen LogP contribution >= 0.6 is 11.9 Å². The highest BCUT2D eigenvalue weighted by molar-refractivity contribution is 8.01.